The highest BCUT2D eigenvalue weighted by molar-refractivity contribution is 7.99. The number of benzene rings is 1. The van der Waals surface area contributed by atoms with Crippen molar-refractivity contribution in [1.82, 2.24) is 10.3 Å². The predicted molar refractivity (Wildman–Crippen MR) is 71.5 cm³/mol. The van der Waals surface area contributed by atoms with Gasteiger partial charge in [0.2, 0.25) is 0 Å². The Morgan fingerprint density at radius 3 is 3.11 bits per heavy atom. The molecule has 4 nitrogen and oxygen atoms in total. The first kappa shape index (κ1) is 11.5. The lowest BCUT2D eigenvalue weighted by Crippen LogP contribution is -2.33. The van der Waals surface area contributed by atoms with Crippen molar-refractivity contribution in [1.29, 1.82) is 0 Å². The van der Waals surface area contributed by atoms with Gasteiger partial charge in [-0.1, -0.05) is 12.1 Å². The maximum Gasteiger partial charge on any atom is 0.321 e. The zero-order valence-corrected chi connectivity index (χ0v) is 10.4. The Balaban J connectivity index is 1.89. The summed E-state index contributed by atoms with van der Waals surface area (Å²) in [5.74, 6) is -0.183. The topological polar surface area (TPSA) is 62.2 Å². The summed E-state index contributed by atoms with van der Waals surface area (Å²) < 4.78 is 0. The molecule has 1 saturated heterocycles. The minimum atomic E-state index is -0.785. The van der Waals surface area contributed by atoms with Gasteiger partial charge < -0.3 is 5.11 Å². The molecule has 1 aromatic carbocycles. The Labute approximate surface area is 108 Å². The predicted octanol–water partition coefficient (Wildman–Crippen LogP) is 2.02. The van der Waals surface area contributed by atoms with Crippen molar-refractivity contribution in [2.75, 3.05) is 5.75 Å². The number of carboxylic acid groups (broad SMARTS) is 1. The van der Waals surface area contributed by atoms with E-state index in [1.165, 1.54) is 0 Å². The highest BCUT2D eigenvalue weighted by Crippen LogP contribution is 2.33. The van der Waals surface area contributed by atoms with E-state index in [2.05, 4.69) is 16.4 Å². The first-order chi connectivity index (χ1) is 8.74. The average molecular weight is 260 g/mol. The first-order valence-corrected chi connectivity index (χ1v) is 6.74. The van der Waals surface area contributed by atoms with Gasteiger partial charge in [0.1, 0.15) is 6.04 Å². The van der Waals surface area contributed by atoms with Crippen LogP contribution in [0.25, 0.3) is 10.9 Å². The van der Waals surface area contributed by atoms with Crippen LogP contribution in [0.15, 0.2) is 36.5 Å². The third-order valence-corrected chi connectivity index (χ3v) is 4.28. The highest BCUT2D eigenvalue weighted by Gasteiger charge is 2.30. The summed E-state index contributed by atoms with van der Waals surface area (Å²) in [6.45, 7) is 0. The maximum atomic E-state index is 10.9. The molecule has 0 amide bonds. The number of aromatic nitrogens is 1. The second-order valence-electron chi connectivity index (χ2n) is 4.23. The fourth-order valence-electron chi connectivity index (χ4n) is 2.06. The summed E-state index contributed by atoms with van der Waals surface area (Å²) in [5.41, 5.74) is 2.06. The summed E-state index contributed by atoms with van der Waals surface area (Å²) >= 11 is 1.63. The lowest BCUT2D eigenvalue weighted by atomic mass is 10.1. The molecular weight excluding hydrogens is 248 g/mol. The van der Waals surface area contributed by atoms with Gasteiger partial charge in [0.15, 0.2) is 0 Å². The van der Waals surface area contributed by atoms with Crippen LogP contribution < -0.4 is 5.32 Å². The molecule has 1 unspecified atom stereocenters. The Kier molecular flexibility index (Phi) is 2.93. The molecule has 2 heterocycles. The van der Waals surface area contributed by atoms with Crippen molar-refractivity contribution >= 4 is 28.6 Å². The zero-order chi connectivity index (χ0) is 12.5. The first-order valence-electron chi connectivity index (χ1n) is 5.69. The van der Waals surface area contributed by atoms with Crippen LogP contribution in [-0.2, 0) is 4.79 Å². The molecule has 0 radical (unpaired) electrons. The molecular formula is C13H12N2O2S. The van der Waals surface area contributed by atoms with Crippen molar-refractivity contribution < 1.29 is 9.90 Å². The van der Waals surface area contributed by atoms with Crippen LogP contribution in [-0.4, -0.2) is 27.9 Å². The van der Waals surface area contributed by atoms with Crippen molar-refractivity contribution in [2.24, 2.45) is 0 Å². The van der Waals surface area contributed by atoms with E-state index in [0.29, 0.717) is 5.75 Å². The average Bonchev–Trinajstić information content (AvgIpc) is 2.88. The molecule has 1 fully saturated rings. The normalized spacial score (nSPS) is 23.3. The fourth-order valence-corrected chi connectivity index (χ4v) is 3.29. The van der Waals surface area contributed by atoms with Crippen molar-refractivity contribution in [3.63, 3.8) is 0 Å². The third-order valence-electron chi connectivity index (χ3n) is 3.01. The largest absolute Gasteiger partial charge is 0.480 e. The summed E-state index contributed by atoms with van der Waals surface area (Å²) in [5, 5.41) is 13.2. The minimum absolute atomic E-state index is 0.0516. The second kappa shape index (κ2) is 4.59. The van der Waals surface area contributed by atoms with E-state index in [0.717, 1.165) is 16.5 Å². The lowest BCUT2D eigenvalue weighted by molar-refractivity contribution is -0.138. The molecule has 2 atom stereocenters. The van der Waals surface area contributed by atoms with Crippen molar-refractivity contribution in [2.45, 2.75) is 11.4 Å². The standard InChI is InChI=1S/C13H12N2O2S/c16-13(17)11-7-18-12(15-11)9-3-4-10-8(6-9)2-1-5-14-10/h1-6,11-12,15H,7H2,(H,16,17)/t11-,12?/m1/s1. The number of hydrogen-bond donors (Lipinski definition) is 2. The number of rotatable bonds is 2. The Morgan fingerprint density at radius 2 is 2.33 bits per heavy atom. The molecule has 1 aliphatic heterocycles. The van der Waals surface area contributed by atoms with Crippen LogP contribution >= 0.6 is 11.8 Å². The van der Waals surface area contributed by atoms with E-state index in [9.17, 15) is 4.79 Å². The van der Waals surface area contributed by atoms with Crippen LogP contribution in [0, 0.1) is 0 Å². The van der Waals surface area contributed by atoms with Gasteiger partial charge in [-0.25, -0.2) is 0 Å². The van der Waals surface area contributed by atoms with Crippen LogP contribution in [0.2, 0.25) is 0 Å². The number of nitrogens with zero attached hydrogens (tertiary/aromatic N) is 1. The SMILES string of the molecule is O=C(O)[C@H]1CSC(c2ccc3ncccc3c2)N1. The van der Waals surface area contributed by atoms with Gasteiger partial charge in [0.05, 0.1) is 10.9 Å². The summed E-state index contributed by atoms with van der Waals surface area (Å²) in [6.07, 6.45) is 1.77. The monoisotopic (exact) mass is 260 g/mol. The van der Waals surface area contributed by atoms with Crippen LogP contribution in [0.5, 0.6) is 0 Å². The van der Waals surface area contributed by atoms with E-state index in [1.54, 1.807) is 18.0 Å². The van der Waals surface area contributed by atoms with Gasteiger partial charge in [0.25, 0.3) is 0 Å². The molecule has 92 valence electrons. The number of carbonyl (C=O) groups is 1. The molecule has 2 N–H and O–H groups in total. The Bertz CT molecular complexity index is 602. The van der Waals surface area contributed by atoms with Gasteiger partial charge in [-0.05, 0) is 23.8 Å². The zero-order valence-electron chi connectivity index (χ0n) is 9.54. The van der Waals surface area contributed by atoms with Crippen molar-refractivity contribution in [3.05, 3.63) is 42.1 Å². The minimum Gasteiger partial charge on any atom is -0.480 e. The molecule has 0 saturated carbocycles. The van der Waals surface area contributed by atoms with Crippen LogP contribution in [0.3, 0.4) is 0 Å². The quantitative estimate of drug-likeness (QED) is 0.865. The Morgan fingerprint density at radius 1 is 1.44 bits per heavy atom. The van der Waals surface area contributed by atoms with Gasteiger partial charge in [-0.2, -0.15) is 0 Å². The molecule has 0 aliphatic carbocycles. The van der Waals surface area contributed by atoms with Crippen LogP contribution in [0.1, 0.15) is 10.9 Å². The van der Waals surface area contributed by atoms with E-state index >= 15 is 0 Å². The molecule has 5 heteroatoms. The van der Waals surface area contributed by atoms with Gasteiger partial charge in [0, 0.05) is 17.3 Å². The molecule has 1 aliphatic rings. The second-order valence-corrected chi connectivity index (χ2v) is 5.36. The fraction of sp³-hybridized carbons (Fsp3) is 0.231. The molecule has 2 aromatic rings. The number of pyridine rings is 1. The number of nitrogens with one attached hydrogen (secondary N) is 1. The maximum absolute atomic E-state index is 10.9. The molecule has 3 rings (SSSR count). The molecule has 0 bridgehead atoms. The number of hydrogen-bond acceptors (Lipinski definition) is 4. The van der Waals surface area contributed by atoms with Gasteiger partial charge >= 0.3 is 5.97 Å². The van der Waals surface area contributed by atoms with E-state index in [4.69, 9.17) is 5.11 Å². The number of carboxylic acids is 1. The summed E-state index contributed by atoms with van der Waals surface area (Å²) in [4.78, 5) is 15.2. The van der Waals surface area contributed by atoms with E-state index < -0.39 is 12.0 Å². The number of fused-ring (bicyclic) bond motifs is 1. The highest BCUT2D eigenvalue weighted by atomic mass is 32.2. The number of aliphatic carboxylic acids is 1. The molecule has 0 spiro atoms. The van der Waals surface area contributed by atoms with Crippen molar-refractivity contribution in [3.8, 4) is 0 Å². The van der Waals surface area contributed by atoms with Gasteiger partial charge in [-0.3, -0.25) is 15.1 Å². The lowest BCUT2D eigenvalue weighted by Gasteiger charge is -2.11. The number of thioether (sulfide) groups is 1. The van der Waals surface area contributed by atoms with Gasteiger partial charge in [-0.15, -0.1) is 11.8 Å². The van der Waals surface area contributed by atoms with E-state index in [1.807, 2.05) is 24.3 Å². The molecule has 18 heavy (non-hydrogen) atoms. The Hall–Kier alpha value is -1.59. The van der Waals surface area contributed by atoms with E-state index in [-0.39, 0.29) is 5.37 Å². The third kappa shape index (κ3) is 2.07. The summed E-state index contributed by atoms with van der Waals surface area (Å²) in [7, 11) is 0. The summed E-state index contributed by atoms with van der Waals surface area (Å²) in [6, 6.07) is 9.51. The van der Waals surface area contributed by atoms with Crippen LogP contribution in [0.4, 0.5) is 0 Å². The smallest absolute Gasteiger partial charge is 0.321 e. The molecule has 1 aromatic heterocycles.